The Morgan fingerprint density at radius 3 is 2.89 bits per heavy atom. The average molecular weight is 247 g/mol. The van der Waals surface area contributed by atoms with Crippen molar-refractivity contribution in [3.63, 3.8) is 0 Å². The van der Waals surface area contributed by atoms with Crippen LogP contribution in [-0.2, 0) is 6.54 Å². The number of benzene rings is 1. The Bertz CT molecular complexity index is 547. The highest BCUT2D eigenvalue weighted by Gasteiger charge is 2.08. The molecule has 0 fully saturated rings. The summed E-state index contributed by atoms with van der Waals surface area (Å²) in [4.78, 5) is 10.6. The maximum atomic E-state index is 10.6. The van der Waals surface area contributed by atoms with Gasteiger partial charge in [-0.25, -0.2) is 4.79 Å². The molecule has 0 saturated heterocycles. The molecule has 1 aromatic carbocycles. The van der Waals surface area contributed by atoms with Crippen LogP contribution in [0.3, 0.4) is 0 Å². The number of nitrogens with one attached hydrogen (secondary N) is 1. The minimum atomic E-state index is -1.07. The second kappa shape index (κ2) is 5.27. The monoisotopic (exact) mass is 247 g/mol. The van der Waals surface area contributed by atoms with Crippen molar-refractivity contribution in [1.29, 1.82) is 0 Å². The van der Waals surface area contributed by atoms with Gasteiger partial charge >= 0.3 is 5.97 Å². The first-order valence-electron chi connectivity index (χ1n) is 5.39. The summed E-state index contributed by atoms with van der Waals surface area (Å²) in [6, 6.07) is 10.5. The van der Waals surface area contributed by atoms with E-state index in [1.807, 2.05) is 24.3 Å². The van der Waals surface area contributed by atoms with Gasteiger partial charge in [-0.2, -0.15) is 0 Å². The van der Waals surface area contributed by atoms with Gasteiger partial charge in [0.15, 0.2) is 0 Å². The molecule has 2 aromatic rings. The SMILES string of the molecule is COc1cccc(NCc2ccc(C(=O)O)o2)c1. The number of ether oxygens (including phenoxy) is 1. The Morgan fingerprint density at radius 2 is 2.22 bits per heavy atom. The van der Waals surface area contributed by atoms with E-state index in [0.717, 1.165) is 11.4 Å². The van der Waals surface area contributed by atoms with Crippen LogP contribution in [0, 0.1) is 0 Å². The molecule has 0 unspecified atom stereocenters. The molecule has 0 saturated carbocycles. The molecule has 0 atom stereocenters. The molecule has 0 amide bonds. The molecule has 2 rings (SSSR count). The molecular weight excluding hydrogens is 234 g/mol. The average Bonchev–Trinajstić information content (AvgIpc) is 2.85. The van der Waals surface area contributed by atoms with Crippen molar-refractivity contribution in [2.24, 2.45) is 0 Å². The van der Waals surface area contributed by atoms with Gasteiger partial charge in [0.1, 0.15) is 11.5 Å². The van der Waals surface area contributed by atoms with Gasteiger partial charge in [-0.3, -0.25) is 0 Å². The van der Waals surface area contributed by atoms with Crippen LogP contribution in [0.1, 0.15) is 16.3 Å². The van der Waals surface area contributed by atoms with Gasteiger partial charge in [-0.1, -0.05) is 6.07 Å². The van der Waals surface area contributed by atoms with Crippen LogP contribution in [0.2, 0.25) is 0 Å². The van der Waals surface area contributed by atoms with Crippen molar-refractivity contribution < 1.29 is 19.1 Å². The summed E-state index contributed by atoms with van der Waals surface area (Å²) in [6.45, 7) is 0.417. The van der Waals surface area contributed by atoms with Gasteiger partial charge in [-0.05, 0) is 24.3 Å². The van der Waals surface area contributed by atoms with Gasteiger partial charge in [0.2, 0.25) is 5.76 Å². The number of carboxylic acids is 1. The standard InChI is InChI=1S/C13H13NO4/c1-17-10-4-2-3-9(7-10)14-8-11-5-6-12(18-11)13(15)16/h2-7,14H,8H2,1H3,(H,15,16). The lowest BCUT2D eigenvalue weighted by Crippen LogP contribution is -1.98. The first kappa shape index (κ1) is 12.0. The number of carboxylic acid groups (broad SMARTS) is 1. The minimum absolute atomic E-state index is 0.0579. The van der Waals surface area contributed by atoms with Gasteiger partial charge in [-0.15, -0.1) is 0 Å². The van der Waals surface area contributed by atoms with Crippen LogP contribution < -0.4 is 10.1 Å². The largest absolute Gasteiger partial charge is 0.497 e. The minimum Gasteiger partial charge on any atom is -0.497 e. The lowest BCUT2D eigenvalue weighted by atomic mass is 10.3. The first-order valence-corrected chi connectivity index (χ1v) is 5.39. The van der Waals surface area contributed by atoms with E-state index in [1.165, 1.54) is 6.07 Å². The molecule has 94 valence electrons. The van der Waals surface area contributed by atoms with E-state index in [0.29, 0.717) is 12.3 Å². The molecule has 0 bridgehead atoms. The predicted molar refractivity (Wildman–Crippen MR) is 66.0 cm³/mol. The predicted octanol–water partition coefficient (Wildman–Crippen LogP) is 2.60. The number of aromatic carboxylic acids is 1. The fourth-order valence-corrected chi connectivity index (χ4v) is 1.51. The number of rotatable bonds is 5. The fourth-order valence-electron chi connectivity index (χ4n) is 1.51. The third kappa shape index (κ3) is 2.82. The fraction of sp³-hybridized carbons (Fsp3) is 0.154. The smallest absolute Gasteiger partial charge is 0.371 e. The molecule has 5 nitrogen and oxygen atoms in total. The van der Waals surface area contributed by atoms with E-state index in [4.69, 9.17) is 14.3 Å². The van der Waals surface area contributed by atoms with Crippen LogP contribution >= 0.6 is 0 Å². The van der Waals surface area contributed by atoms with Crippen LogP contribution in [0.5, 0.6) is 5.75 Å². The quantitative estimate of drug-likeness (QED) is 0.849. The van der Waals surface area contributed by atoms with Crippen LogP contribution in [-0.4, -0.2) is 18.2 Å². The zero-order chi connectivity index (χ0) is 13.0. The highest BCUT2D eigenvalue weighted by Crippen LogP contribution is 2.18. The molecule has 1 heterocycles. The zero-order valence-electron chi connectivity index (χ0n) is 9.84. The van der Waals surface area contributed by atoms with Gasteiger partial charge < -0.3 is 19.6 Å². The highest BCUT2D eigenvalue weighted by molar-refractivity contribution is 5.84. The van der Waals surface area contributed by atoms with E-state index >= 15 is 0 Å². The van der Waals surface area contributed by atoms with E-state index in [2.05, 4.69) is 5.32 Å². The Kier molecular flexibility index (Phi) is 3.52. The number of methoxy groups -OCH3 is 1. The maximum absolute atomic E-state index is 10.6. The molecule has 2 N–H and O–H groups in total. The Morgan fingerprint density at radius 1 is 1.39 bits per heavy atom. The van der Waals surface area contributed by atoms with Crippen molar-refractivity contribution in [1.82, 2.24) is 0 Å². The summed E-state index contributed by atoms with van der Waals surface area (Å²) in [5, 5.41) is 11.8. The van der Waals surface area contributed by atoms with Crippen LogP contribution in [0.4, 0.5) is 5.69 Å². The third-order valence-corrected chi connectivity index (χ3v) is 2.41. The summed E-state index contributed by atoms with van der Waals surface area (Å²) < 4.78 is 10.2. The zero-order valence-corrected chi connectivity index (χ0v) is 9.84. The summed E-state index contributed by atoms with van der Waals surface area (Å²) in [5.41, 5.74) is 0.877. The van der Waals surface area contributed by atoms with Gasteiger partial charge in [0.05, 0.1) is 13.7 Å². The first-order chi connectivity index (χ1) is 8.69. The topological polar surface area (TPSA) is 71.7 Å². The van der Waals surface area contributed by atoms with Crippen molar-refractivity contribution in [3.05, 3.63) is 47.9 Å². The maximum Gasteiger partial charge on any atom is 0.371 e. The van der Waals surface area contributed by atoms with Crippen molar-refractivity contribution in [2.75, 3.05) is 12.4 Å². The Hall–Kier alpha value is -2.43. The van der Waals surface area contributed by atoms with Crippen LogP contribution in [0.15, 0.2) is 40.8 Å². The lowest BCUT2D eigenvalue weighted by Gasteiger charge is -2.06. The molecule has 0 aliphatic rings. The summed E-state index contributed by atoms with van der Waals surface area (Å²) in [7, 11) is 1.60. The molecule has 0 aliphatic carbocycles. The Balaban J connectivity index is 1.99. The lowest BCUT2D eigenvalue weighted by molar-refractivity contribution is 0.0660. The van der Waals surface area contributed by atoms with Gasteiger partial charge in [0, 0.05) is 11.8 Å². The molecule has 0 radical (unpaired) electrons. The van der Waals surface area contributed by atoms with E-state index in [-0.39, 0.29) is 5.76 Å². The number of hydrogen-bond acceptors (Lipinski definition) is 4. The third-order valence-electron chi connectivity index (χ3n) is 2.41. The highest BCUT2D eigenvalue weighted by atomic mass is 16.5. The summed E-state index contributed by atoms with van der Waals surface area (Å²) in [6.07, 6.45) is 0. The number of anilines is 1. The molecule has 0 aliphatic heterocycles. The molecule has 18 heavy (non-hydrogen) atoms. The molecular formula is C13H13NO4. The second-order valence-electron chi connectivity index (χ2n) is 3.66. The van der Waals surface area contributed by atoms with Crippen molar-refractivity contribution in [2.45, 2.75) is 6.54 Å². The number of hydrogen-bond donors (Lipinski definition) is 2. The summed E-state index contributed by atoms with van der Waals surface area (Å²) >= 11 is 0. The normalized spacial score (nSPS) is 10.1. The van der Waals surface area contributed by atoms with E-state index in [1.54, 1.807) is 13.2 Å². The van der Waals surface area contributed by atoms with Crippen LogP contribution in [0.25, 0.3) is 0 Å². The van der Waals surface area contributed by atoms with E-state index < -0.39 is 5.97 Å². The summed E-state index contributed by atoms with van der Waals surface area (Å²) in [5.74, 6) is 0.195. The van der Waals surface area contributed by atoms with E-state index in [9.17, 15) is 4.79 Å². The number of carbonyl (C=O) groups is 1. The number of furan rings is 1. The van der Waals surface area contributed by atoms with Crippen molar-refractivity contribution in [3.8, 4) is 5.75 Å². The molecule has 0 spiro atoms. The molecule has 1 aromatic heterocycles. The second-order valence-corrected chi connectivity index (χ2v) is 3.66. The van der Waals surface area contributed by atoms with Gasteiger partial charge in [0.25, 0.3) is 0 Å². The molecule has 5 heteroatoms. The Labute approximate surface area is 104 Å². The van der Waals surface area contributed by atoms with Crippen molar-refractivity contribution >= 4 is 11.7 Å².